The first kappa shape index (κ1) is 18.5. The number of benzene rings is 3. The van der Waals surface area contributed by atoms with E-state index in [1.807, 2.05) is 0 Å². The maximum Gasteiger partial charge on any atom is 0.343 e. The van der Waals surface area contributed by atoms with Crippen molar-refractivity contribution in [3.8, 4) is 17.1 Å². The lowest BCUT2D eigenvalue weighted by Crippen LogP contribution is -2.16. The van der Waals surface area contributed by atoms with Crippen molar-refractivity contribution < 1.29 is 13.9 Å². The minimum atomic E-state index is -0.654. The van der Waals surface area contributed by atoms with Crippen molar-refractivity contribution in [2.75, 3.05) is 0 Å². The van der Waals surface area contributed by atoms with Gasteiger partial charge in [-0.2, -0.15) is 0 Å². The van der Waals surface area contributed by atoms with Gasteiger partial charge in [0.2, 0.25) is 11.2 Å². The van der Waals surface area contributed by atoms with Gasteiger partial charge in [0.05, 0.1) is 10.9 Å². The summed E-state index contributed by atoms with van der Waals surface area (Å²) in [6, 6.07) is 20.3. The summed E-state index contributed by atoms with van der Waals surface area (Å²) >= 11 is 9.28. The molecule has 28 heavy (non-hydrogen) atoms. The highest BCUT2D eigenvalue weighted by molar-refractivity contribution is 9.10. The molecule has 1 aromatic heterocycles. The Kier molecular flexibility index (Phi) is 5.03. The van der Waals surface area contributed by atoms with E-state index in [9.17, 15) is 9.59 Å². The lowest BCUT2D eigenvalue weighted by atomic mass is 10.1. The molecule has 0 spiro atoms. The molecule has 0 unspecified atom stereocenters. The summed E-state index contributed by atoms with van der Waals surface area (Å²) in [6.07, 6.45) is 0. The first-order valence-corrected chi connectivity index (χ1v) is 9.49. The number of carbonyl (C=O) groups is 1. The Morgan fingerprint density at radius 2 is 1.71 bits per heavy atom. The molecule has 6 heteroatoms. The lowest BCUT2D eigenvalue weighted by Gasteiger charge is -2.11. The predicted molar refractivity (Wildman–Crippen MR) is 112 cm³/mol. The first-order chi connectivity index (χ1) is 13.5. The van der Waals surface area contributed by atoms with Crippen LogP contribution in [0.25, 0.3) is 22.3 Å². The van der Waals surface area contributed by atoms with Crippen LogP contribution in [-0.2, 0) is 0 Å². The van der Waals surface area contributed by atoms with Gasteiger partial charge in [-0.15, -0.1) is 0 Å². The molecule has 0 amide bonds. The monoisotopic (exact) mass is 454 g/mol. The second kappa shape index (κ2) is 7.62. The van der Waals surface area contributed by atoms with Gasteiger partial charge in [0.1, 0.15) is 5.58 Å². The molecular weight excluding hydrogens is 444 g/mol. The summed E-state index contributed by atoms with van der Waals surface area (Å²) in [5.41, 5.74) is 0.864. The molecule has 0 aliphatic rings. The third-order valence-corrected chi connectivity index (χ3v) is 4.86. The van der Waals surface area contributed by atoms with E-state index >= 15 is 0 Å². The molecule has 0 atom stereocenters. The predicted octanol–water partition coefficient (Wildman–Crippen LogP) is 6.10. The SMILES string of the molecule is O=C(Oc1c(-c2ccc(Cl)cc2)oc2ccccc2c1=O)c1cccc(Br)c1. The third kappa shape index (κ3) is 3.59. The molecule has 0 fully saturated rings. The maximum atomic E-state index is 13.1. The average molecular weight is 456 g/mol. The molecule has 4 rings (SSSR count). The molecule has 0 saturated carbocycles. The summed E-state index contributed by atoms with van der Waals surface area (Å²) < 4.78 is 12.2. The average Bonchev–Trinajstić information content (AvgIpc) is 2.70. The van der Waals surface area contributed by atoms with E-state index in [0.717, 1.165) is 4.47 Å². The van der Waals surface area contributed by atoms with Crippen molar-refractivity contribution in [3.63, 3.8) is 0 Å². The number of fused-ring (bicyclic) bond motifs is 1. The molecule has 3 aromatic carbocycles. The van der Waals surface area contributed by atoms with Gasteiger partial charge in [0.25, 0.3) is 0 Å². The normalized spacial score (nSPS) is 10.8. The lowest BCUT2D eigenvalue weighted by molar-refractivity contribution is 0.0731. The topological polar surface area (TPSA) is 56.5 Å². The minimum absolute atomic E-state index is 0.161. The second-order valence-corrected chi connectivity index (χ2v) is 7.34. The van der Waals surface area contributed by atoms with Crippen molar-refractivity contribution in [1.29, 1.82) is 0 Å². The Balaban J connectivity index is 1.89. The Labute approximate surface area is 173 Å². The van der Waals surface area contributed by atoms with Gasteiger partial charge < -0.3 is 9.15 Å². The minimum Gasteiger partial charge on any atom is -0.452 e. The molecule has 0 bridgehead atoms. The molecule has 0 aliphatic carbocycles. The summed E-state index contributed by atoms with van der Waals surface area (Å²) in [5, 5.41) is 0.872. The van der Waals surface area contributed by atoms with Gasteiger partial charge in [-0.05, 0) is 54.6 Å². The van der Waals surface area contributed by atoms with Crippen LogP contribution in [-0.4, -0.2) is 5.97 Å². The number of esters is 1. The van der Waals surface area contributed by atoms with Crippen LogP contribution in [0.1, 0.15) is 10.4 Å². The van der Waals surface area contributed by atoms with Crippen LogP contribution in [0.3, 0.4) is 0 Å². The molecule has 138 valence electrons. The summed E-state index contributed by atoms with van der Waals surface area (Å²) in [7, 11) is 0. The fourth-order valence-electron chi connectivity index (χ4n) is 2.78. The molecular formula is C22H12BrClO4. The van der Waals surface area contributed by atoms with Crippen molar-refractivity contribution in [1.82, 2.24) is 0 Å². The van der Waals surface area contributed by atoms with Gasteiger partial charge in [-0.3, -0.25) is 4.79 Å². The molecule has 0 N–H and O–H groups in total. The Morgan fingerprint density at radius 3 is 2.46 bits per heavy atom. The van der Waals surface area contributed by atoms with Crippen LogP contribution in [0.4, 0.5) is 0 Å². The van der Waals surface area contributed by atoms with Crippen LogP contribution in [0.2, 0.25) is 5.02 Å². The van der Waals surface area contributed by atoms with E-state index < -0.39 is 11.4 Å². The van der Waals surface area contributed by atoms with Crippen molar-refractivity contribution >= 4 is 44.5 Å². The number of carbonyl (C=O) groups excluding carboxylic acids is 1. The van der Waals surface area contributed by atoms with Crippen molar-refractivity contribution in [3.05, 3.63) is 98.1 Å². The van der Waals surface area contributed by atoms with E-state index in [1.54, 1.807) is 72.8 Å². The van der Waals surface area contributed by atoms with E-state index in [0.29, 0.717) is 27.1 Å². The Morgan fingerprint density at radius 1 is 0.964 bits per heavy atom. The zero-order chi connectivity index (χ0) is 19.7. The standard InChI is InChI=1S/C22H12BrClO4/c23-15-5-3-4-14(12-15)22(26)28-21-19(25)17-6-1-2-7-18(17)27-20(21)13-8-10-16(24)11-9-13/h1-12H. The quantitative estimate of drug-likeness (QED) is 0.351. The van der Waals surface area contributed by atoms with Gasteiger partial charge in [-0.25, -0.2) is 4.79 Å². The van der Waals surface area contributed by atoms with Crippen LogP contribution in [0.5, 0.6) is 5.75 Å². The number of rotatable bonds is 3. The number of halogens is 2. The number of hydrogen-bond acceptors (Lipinski definition) is 4. The summed E-state index contributed by atoms with van der Waals surface area (Å²) in [5.74, 6) is -0.645. The summed E-state index contributed by atoms with van der Waals surface area (Å²) in [6.45, 7) is 0. The van der Waals surface area contributed by atoms with Crippen molar-refractivity contribution in [2.24, 2.45) is 0 Å². The molecule has 0 aliphatic heterocycles. The van der Waals surface area contributed by atoms with Crippen LogP contribution in [0.15, 0.2) is 86.5 Å². The van der Waals surface area contributed by atoms with Crippen molar-refractivity contribution in [2.45, 2.75) is 0 Å². The first-order valence-electron chi connectivity index (χ1n) is 8.32. The molecule has 1 heterocycles. The van der Waals surface area contributed by atoms with Gasteiger partial charge in [0.15, 0.2) is 5.76 Å². The van der Waals surface area contributed by atoms with E-state index in [2.05, 4.69) is 15.9 Å². The molecule has 0 radical (unpaired) electrons. The fourth-order valence-corrected chi connectivity index (χ4v) is 3.30. The molecule has 4 aromatic rings. The smallest absolute Gasteiger partial charge is 0.343 e. The fraction of sp³-hybridized carbons (Fsp3) is 0. The van der Waals surface area contributed by atoms with Crippen LogP contribution in [0, 0.1) is 0 Å². The largest absolute Gasteiger partial charge is 0.452 e. The Bertz CT molecular complexity index is 1250. The number of para-hydroxylation sites is 1. The number of ether oxygens (including phenoxy) is 1. The maximum absolute atomic E-state index is 13.1. The second-order valence-electron chi connectivity index (χ2n) is 5.99. The molecule has 0 saturated heterocycles. The van der Waals surface area contributed by atoms with E-state index in [-0.39, 0.29) is 11.5 Å². The van der Waals surface area contributed by atoms with Gasteiger partial charge in [-0.1, -0.05) is 45.7 Å². The third-order valence-electron chi connectivity index (χ3n) is 4.12. The number of hydrogen-bond donors (Lipinski definition) is 0. The van der Waals surface area contributed by atoms with E-state index in [1.165, 1.54) is 0 Å². The molecule has 4 nitrogen and oxygen atoms in total. The van der Waals surface area contributed by atoms with Crippen LogP contribution >= 0.6 is 27.5 Å². The zero-order valence-corrected chi connectivity index (χ0v) is 16.7. The highest BCUT2D eigenvalue weighted by Gasteiger charge is 2.21. The summed E-state index contributed by atoms with van der Waals surface area (Å²) in [4.78, 5) is 25.7. The highest BCUT2D eigenvalue weighted by atomic mass is 79.9. The van der Waals surface area contributed by atoms with E-state index in [4.69, 9.17) is 20.8 Å². The van der Waals surface area contributed by atoms with Gasteiger partial charge >= 0.3 is 5.97 Å². The highest BCUT2D eigenvalue weighted by Crippen LogP contribution is 2.32. The van der Waals surface area contributed by atoms with Gasteiger partial charge in [0, 0.05) is 15.1 Å². The van der Waals surface area contributed by atoms with Crippen LogP contribution < -0.4 is 10.2 Å². The Hall–Kier alpha value is -2.89. The zero-order valence-electron chi connectivity index (χ0n) is 14.3.